The van der Waals surface area contributed by atoms with E-state index in [9.17, 15) is 15.0 Å². The zero-order valence-corrected chi connectivity index (χ0v) is 9.50. The molecule has 1 aromatic heterocycles. The Morgan fingerprint density at radius 2 is 2.18 bits per heavy atom. The van der Waals surface area contributed by atoms with E-state index >= 15 is 0 Å². The van der Waals surface area contributed by atoms with Crippen LogP contribution < -0.4 is 5.69 Å². The van der Waals surface area contributed by atoms with Gasteiger partial charge in [0, 0.05) is 6.20 Å². The standard InChI is InChI=1S/C9H12N2O5S/c12-3-4-6(13)7(14)8(16-4)11-2-1-5(17)10-9(11)15/h1-2,4,6-8,12-14H,3H2,(H,10,15,17)/t4-,6+,7?,8-/m1/s1. The van der Waals surface area contributed by atoms with Gasteiger partial charge in [-0.25, -0.2) is 4.79 Å². The summed E-state index contributed by atoms with van der Waals surface area (Å²) in [4.78, 5) is 14.0. The number of aliphatic hydroxyl groups is 3. The van der Waals surface area contributed by atoms with Crippen LogP contribution in [0.4, 0.5) is 0 Å². The van der Waals surface area contributed by atoms with Gasteiger partial charge in [0.25, 0.3) is 0 Å². The first-order valence-corrected chi connectivity index (χ1v) is 5.39. The molecule has 0 aliphatic carbocycles. The number of hydrogen-bond acceptors (Lipinski definition) is 6. The van der Waals surface area contributed by atoms with Crippen molar-refractivity contribution in [1.82, 2.24) is 9.55 Å². The molecule has 2 rings (SSSR count). The SMILES string of the molecule is O=c1[nH]c(=S)ccn1[C@@H]1O[C@H](CO)[C@H](O)C1O. The molecular formula is C9H12N2O5S. The molecule has 1 aliphatic heterocycles. The van der Waals surface area contributed by atoms with Crippen LogP contribution in [0.1, 0.15) is 6.23 Å². The van der Waals surface area contributed by atoms with Gasteiger partial charge in [0.1, 0.15) is 23.0 Å². The fourth-order valence-electron chi connectivity index (χ4n) is 1.74. The monoisotopic (exact) mass is 260 g/mol. The molecule has 0 saturated carbocycles. The number of aliphatic hydroxyl groups excluding tert-OH is 3. The normalized spacial score (nSPS) is 32.9. The van der Waals surface area contributed by atoms with E-state index in [0.29, 0.717) is 0 Å². The maximum Gasteiger partial charge on any atom is 0.328 e. The number of ether oxygens (including phenoxy) is 1. The van der Waals surface area contributed by atoms with Gasteiger partial charge in [0.2, 0.25) is 0 Å². The summed E-state index contributed by atoms with van der Waals surface area (Å²) in [7, 11) is 0. The number of nitrogens with zero attached hydrogens (tertiary/aromatic N) is 1. The van der Waals surface area contributed by atoms with Gasteiger partial charge in [-0.1, -0.05) is 12.2 Å². The Bertz CT molecular complexity index is 513. The van der Waals surface area contributed by atoms with Gasteiger partial charge in [-0.15, -0.1) is 0 Å². The Morgan fingerprint density at radius 1 is 1.47 bits per heavy atom. The molecule has 4 N–H and O–H groups in total. The summed E-state index contributed by atoms with van der Waals surface area (Å²) in [6, 6.07) is 1.46. The zero-order valence-electron chi connectivity index (χ0n) is 8.68. The first-order valence-electron chi connectivity index (χ1n) is 4.98. The molecule has 0 bridgehead atoms. The lowest BCUT2D eigenvalue weighted by atomic mass is 10.1. The van der Waals surface area contributed by atoms with Crippen LogP contribution in [0.2, 0.25) is 0 Å². The van der Waals surface area contributed by atoms with Gasteiger partial charge < -0.3 is 20.1 Å². The van der Waals surface area contributed by atoms with Crippen molar-refractivity contribution in [2.75, 3.05) is 6.61 Å². The van der Waals surface area contributed by atoms with Crippen LogP contribution in [0.3, 0.4) is 0 Å². The maximum absolute atomic E-state index is 11.6. The van der Waals surface area contributed by atoms with E-state index < -0.39 is 36.8 Å². The minimum atomic E-state index is -1.28. The van der Waals surface area contributed by atoms with Crippen molar-refractivity contribution in [2.24, 2.45) is 0 Å². The van der Waals surface area contributed by atoms with E-state index in [1.165, 1.54) is 12.3 Å². The second-order valence-electron chi connectivity index (χ2n) is 3.75. The maximum atomic E-state index is 11.6. The Balaban J connectivity index is 2.35. The largest absolute Gasteiger partial charge is 0.394 e. The Hall–Kier alpha value is -1.06. The van der Waals surface area contributed by atoms with Gasteiger partial charge in [0.05, 0.1) is 6.61 Å². The summed E-state index contributed by atoms with van der Waals surface area (Å²) < 4.78 is 6.55. The quantitative estimate of drug-likeness (QED) is 0.483. The third-order valence-electron chi connectivity index (χ3n) is 2.64. The van der Waals surface area contributed by atoms with Gasteiger partial charge in [-0.2, -0.15) is 0 Å². The molecule has 8 heteroatoms. The van der Waals surface area contributed by atoms with E-state index in [0.717, 1.165) is 4.57 Å². The molecular weight excluding hydrogens is 248 g/mol. The predicted molar refractivity (Wildman–Crippen MR) is 58.9 cm³/mol. The van der Waals surface area contributed by atoms with E-state index in [2.05, 4.69) is 4.98 Å². The molecule has 1 saturated heterocycles. The second-order valence-corrected chi connectivity index (χ2v) is 4.19. The van der Waals surface area contributed by atoms with Crippen molar-refractivity contribution in [3.63, 3.8) is 0 Å². The molecule has 0 radical (unpaired) electrons. The molecule has 94 valence electrons. The van der Waals surface area contributed by atoms with E-state index in [-0.39, 0.29) is 4.64 Å². The summed E-state index contributed by atoms with van der Waals surface area (Å²) >= 11 is 4.77. The fraction of sp³-hybridized carbons (Fsp3) is 0.556. The molecule has 1 fully saturated rings. The zero-order chi connectivity index (χ0) is 12.6. The van der Waals surface area contributed by atoms with Gasteiger partial charge in [-0.05, 0) is 6.07 Å². The Kier molecular flexibility index (Phi) is 3.40. The van der Waals surface area contributed by atoms with Crippen molar-refractivity contribution in [2.45, 2.75) is 24.5 Å². The van der Waals surface area contributed by atoms with E-state index in [1.54, 1.807) is 0 Å². The molecule has 1 aromatic rings. The van der Waals surface area contributed by atoms with Crippen LogP contribution in [0, 0.1) is 4.64 Å². The van der Waals surface area contributed by atoms with Crippen molar-refractivity contribution in [1.29, 1.82) is 0 Å². The summed E-state index contributed by atoms with van der Waals surface area (Å²) in [5, 5.41) is 28.2. The highest BCUT2D eigenvalue weighted by Crippen LogP contribution is 2.27. The highest BCUT2D eigenvalue weighted by atomic mass is 32.1. The van der Waals surface area contributed by atoms with Gasteiger partial charge in [0.15, 0.2) is 6.23 Å². The van der Waals surface area contributed by atoms with Crippen LogP contribution in [0.5, 0.6) is 0 Å². The molecule has 0 amide bonds. The number of aromatic amines is 1. The van der Waals surface area contributed by atoms with Crippen LogP contribution in [0.25, 0.3) is 0 Å². The van der Waals surface area contributed by atoms with Gasteiger partial charge in [-0.3, -0.25) is 9.55 Å². The van der Waals surface area contributed by atoms with Crippen LogP contribution in [0.15, 0.2) is 17.1 Å². The molecule has 0 spiro atoms. The number of rotatable bonds is 2. The molecule has 4 atom stereocenters. The molecule has 7 nitrogen and oxygen atoms in total. The lowest BCUT2D eigenvalue weighted by Gasteiger charge is -2.16. The first kappa shape index (κ1) is 12.4. The Morgan fingerprint density at radius 3 is 2.71 bits per heavy atom. The van der Waals surface area contributed by atoms with E-state index in [4.69, 9.17) is 22.1 Å². The van der Waals surface area contributed by atoms with Crippen molar-refractivity contribution in [3.05, 3.63) is 27.4 Å². The third-order valence-corrected chi connectivity index (χ3v) is 2.88. The number of H-pyrrole nitrogens is 1. The summed E-state index contributed by atoms with van der Waals surface area (Å²) in [6.07, 6.45) is -3.11. The number of aromatic nitrogens is 2. The van der Waals surface area contributed by atoms with Crippen molar-refractivity contribution >= 4 is 12.2 Å². The lowest BCUT2D eigenvalue weighted by Crippen LogP contribution is -2.35. The minimum absolute atomic E-state index is 0.262. The molecule has 1 aliphatic rings. The summed E-state index contributed by atoms with van der Waals surface area (Å²) in [6.45, 7) is -0.438. The molecule has 1 unspecified atom stereocenters. The van der Waals surface area contributed by atoms with Crippen LogP contribution in [-0.2, 0) is 4.74 Å². The van der Waals surface area contributed by atoms with Crippen molar-refractivity contribution in [3.8, 4) is 0 Å². The van der Waals surface area contributed by atoms with Gasteiger partial charge >= 0.3 is 5.69 Å². The minimum Gasteiger partial charge on any atom is -0.394 e. The number of hydrogen-bond donors (Lipinski definition) is 4. The second kappa shape index (κ2) is 4.67. The molecule has 2 heterocycles. The number of nitrogens with one attached hydrogen (secondary N) is 1. The van der Waals surface area contributed by atoms with Crippen molar-refractivity contribution < 1.29 is 20.1 Å². The topological polar surface area (TPSA) is 108 Å². The average Bonchev–Trinajstić information content (AvgIpc) is 2.57. The Labute approximate surface area is 101 Å². The molecule has 17 heavy (non-hydrogen) atoms. The smallest absolute Gasteiger partial charge is 0.328 e. The molecule has 0 aromatic carbocycles. The summed E-state index contributed by atoms with van der Waals surface area (Å²) in [5.74, 6) is 0. The third kappa shape index (κ3) is 2.17. The predicted octanol–water partition coefficient (Wildman–Crippen LogP) is -1.48. The van der Waals surface area contributed by atoms with E-state index in [1.807, 2.05) is 0 Å². The highest BCUT2D eigenvalue weighted by molar-refractivity contribution is 7.71. The first-order chi connectivity index (χ1) is 8.04. The van der Waals surface area contributed by atoms with Crippen LogP contribution >= 0.6 is 12.2 Å². The lowest BCUT2D eigenvalue weighted by molar-refractivity contribution is -0.0550. The highest BCUT2D eigenvalue weighted by Gasteiger charge is 2.43. The van der Waals surface area contributed by atoms with Crippen LogP contribution in [-0.4, -0.2) is 49.8 Å². The fourth-order valence-corrected chi connectivity index (χ4v) is 1.89. The average molecular weight is 260 g/mol. The summed E-state index contributed by atoms with van der Waals surface area (Å²) in [5.41, 5.74) is -0.549.